The minimum Gasteiger partial charge on any atom is -0.384 e. The van der Waals surface area contributed by atoms with Gasteiger partial charge >= 0.3 is 0 Å². The number of fused-ring (bicyclic) bond motifs is 1. The van der Waals surface area contributed by atoms with E-state index in [0.29, 0.717) is 23.7 Å². The predicted octanol–water partition coefficient (Wildman–Crippen LogP) is 1.04. The van der Waals surface area contributed by atoms with Crippen molar-refractivity contribution in [1.29, 1.82) is 0 Å². The zero-order valence-electron chi connectivity index (χ0n) is 9.61. The average Bonchev–Trinajstić information content (AvgIpc) is 2.74. The standard InChI is InChI=1S/C12H12N6/c13-10-5-9-11(12(14)17-10)16-7-18(9)6-8-1-3-15-4-2-8/h1-5,7H,6H2,(H4,13,14,17). The fourth-order valence-electron chi connectivity index (χ4n) is 1.92. The van der Waals surface area contributed by atoms with Crippen LogP contribution in [-0.4, -0.2) is 19.5 Å². The summed E-state index contributed by atoms with van der Waals surface area (Å²) in [5, 5.41) is 0. The number of nitrogens with two attached hydrogens (primary N) is 2. The lowest BCUT2D eigenvalue weighted by Gasteiger charge is -2.05. The molecule has 0 fully saturated rings. The Balaban J connectivity index is 2.08. The largest absolute Gasteiger partial charge is 0.384 e. The van der Waals surface area contributed by atoms with Crippen LogP contribution in [-0.2, 0) is 6.54 Å². The first-order valence-electron chi connectivity index (χ1n) is 5.50. The second-order valence-electron chi connectivity index (χ2n) is 4.03. The zero-order valence-corrected chi connectivity index (χ0v) is 9.61. The Morgan fingerprint density at radius 2 is 1.94 bits per heavy atom. The molecule has 0 radical (unpaired) electrons. The van der Waals surface area contributed by atoms with Gasteiger partial charge in [-0.1, -0.05) is 0 Å². The van der Waals surface area contributed by atoms with Gasteiger partial charge in [0.2, 0.25) is 0 Å². The van der Waals surface area contributed by atoms with E-state index >= 15 is 0 Å². The molecule has 0 unspecified atom stereocenters. The molecule has 3 aromatic heterocycles. The molecule has 6 nitrogen and oxygen atoms in total. The maximum absolute atomic E-state index is 5.79. The van der Waals surface area contributed by atoms with E-state index in [2.05, 4.69) is 15.0 Å². The number of nitrogen functional groups attached to an aromatic ring is 2. The van der Waals surface area contributed by atoms with Gasteiger partial charge in [0.15, 0.2) is 5.82 Å². The molecule has 18 heavy (non-hydrogen) atoms. The van der Waals surface area contributed by atoms with Crippen molar-refractivity contribution in [3.8, 4) is 0 Å². The van der Waals surface area contributed by atoms with E-state index in [1.807, 2.05) is 16.7 Å². The van der Waals surface area contributed by atoms with Crippen LogP contribution in [0.3, 0.4) is 0 Å². The van der Waals surface area contributed by atoms with E-state index in [1.165, 1.54) is 0 Å². The molecule has 0 spiro atoms. The summed E-state index contributed by atoms with van der Waals surface area (Å²) in [6.07, 6.45) is 5.26. The first-order valence-corrected chi connectivity index (χ1v) is 5.50. The SMILES string of the molecule is Nc1cc2c(ncn2Cc2ccncc2)c(N)n1. The van der Waals surface area contributed by atoms with Crippen molar-refractivity contribution in [1.82, 2.24) is 19.5 Å². The summed E-state index contributed by atoms with van der Waals surface area (Å²) >= 11 is 0. The minimum atomic E-state index is 0.360. The van der Waals surface area contributed by atoms with E-state index in [0.717, 1.165) is 11.1 Å². The second kappa shape index (κ2) is 3.99. The summed E-state index contributed by atoms with van der Waals surface area (Å²) < 4.78 is 1.99. The summed E-state index contributed by atoms with van der Waals surface area (Å²) in [4.78, 5) is 12.2. The van der Waals surface area contributed by atoms with Gasteiger partial charge in [0.25, 0.3) is 0 Å². The van der Waals surface area contributed by atoms with Gasteiger partial charge in [-0.15, -0.1) is 0 Å². The smallest absolute Gasteiger partial charge is 0.154 e. The van der Waals surface area contributed by atoms with Gasteiger partial charge in [-0.25, -0.2) is 9.97 Å². The summed E-state index contributed by atoms with van der Waals surface area (Å²) in [6, 6.07) is 5.69. The van der Waals surface area contributed by atoms with Crippen LogP contribution in [0.1, 0.15) is 5.56 Å². The van der Waals surface area contributed by atoms with Gasteiger partial charge in [0.1, 0.15) is 11.3 Å². The van der Waals surface area contributed by atoms with Crippen molar-refractivity contribution in [2.24, 2.45) is 0 Å². The highest BCUT2D eigenvalue weighted by atomic mass is 15.1. The van der Waals surface area contributed by atoms with Crippen LogP contribution in [0.15, 0.2) is 36.9 Å². The Hall–Kier alpha value is -2.63. The second-order valence-corrected chi connectivity index (χ2v) is 4.03. The van der Waals surface area contributed by atoms with Crippen LogP contribution < -0.4 is 11.5 Å². The molecule has 0 aliphatic rings. The van der Waals surface area contributed by atoms with Crippen LogP contribution in [0.2, 0.25) is 0 Å². The molecular weight excluding hydrogens is 228 g/mol. The number of pyridine rings is 2. The van der Waals surface area contributed by atoms with Gasteiger partial charge in [0.05, 0.1) is 11.8 Å². The molecule has 4 N–H and O–H groups in total. The van der Waals surface area contributed by atoms with E-state index in [9.17, 15) is 0 Å². The molecule has 0 atom stereocenters. The third-order valence-electron chi connectivity index (χ3n) is 2.76. The maximum Gasteiger partial charge on any atom is 0.154 e. The number of hydrogen-bond donors (Lipinski definition) is 2. The van der Waals surface area contributed by atoms with Gasteiger partial charge in [-0.05, 0) is 17.7 Å². The normalized spacial score (nSPS) is 10.9. The van der Waals surface area contributed by atoms with Crippen LogP contribution in [0, 0.1) is 0 Å². The molecule has 3 rings (SSSR count). The molecule has 0 aliphatic heterocycles. The molecule has 0 aliphatic carbocycles. The van der Waals surface area contributed by atoms with Crippen molar-refractivity contribution in [2.45, 2.75) is 6.54 Å². The molecule has 0 saturated carbocycles. The van der Waals surface area contributed by atoms with Crippen molar-refractivity contribution in [3.05, 3.63) is 42.5 Å². The number of hydrogen-bond acceptors (Lipinski definition) is 5. The van der Waals surface area contributed by atoms with Crippen LogP contribution in [0.4, 0.5) is 11.6 Å². The van der Waals surface area contributed by atoms with Crippen LogP contribution in [0.5, 0.6) is 0 Å². The minimum absolute atomic E-state index is 0.360. The molecular formula is C12H12N6. The van der Waals surface area contributed by atoms with Gasteiger partial charge in [-0.2, -0.15) is 0 Å². The van der Waals surface area contributed by atoms with E-state index in [1.54, 1.807) is 24.8 Å². The molecule has 0 bridgehead atoms. The van der Waals surface area contributed by atoms with Crippen molar-refractivity contribution in [2.75, 3.05) is 11.5 Å². The molecule has 3 heterocycles. The molecule has 0 saturated heterocycles. The third-order valence-corrected chi connectivity index (χ3v) is 2.76. The first kappa shape index (κ1) is 10.5. The number of aromatic nitrogens is 4. The van der Waals surface area contributed by atoms with Gasteiger partial charge < -0.3 is 16.0 Å². The highest BCUT2D eigenvalue weighted by molar-refractivity contribution is 5.87. The highest BCUT2D eigenvalue weighted by Crippen LogP contribution is 2.20. The lowest BCUT2D eigenvalue weighted by atomic mass is 10.2. The maximum atomic E-state index is 5.79. The number of imidazole rings is 1. The first-order chi connectivity index (χ1) is 8.74. The molecule has 3 aromatic rings. The van der Waals surface area contributed by atoms with E-state index < -0.39 is 0 Å². The highest BCUT2D eigenvalue weighted by Gasteiger charge is 2.08. The number of rotatable bonds is 2. The number of nitrogens with zero attached hydrogens (tertiary/aromatic N) is 4. The Labute approximate surface area is 103 Å². The fourth-order valence-corrected chi connectivity index (χ4v) is 1.92. The summed E-state index contributed by atoms with van der Waals surface area (Å²) in [5.74, 6) is 0.759. The van der Waals surface area contributed by atoms with Crippen LogP contribution >= 0.6 is 0 Å². The quantitative estimate of drug-likeness (QED) is 0.697. The summed E-state index contributed by atoms with van der Waals surface area (Å²) in [5.41, 5.74) is 14.2. The topological polar surface area (TPSA) is 95.6 Å². The average molecular weight is 240 g/mol. The number of anilines is 2. The summed E-state index contributed by atoms with van der Waals surface area (Å²) in [6.45, 7) is 0.696. The van der Waals surface area contributed by atoms with Crippen molar-refractivity contribution >= 4 is 22.7 Å². The molecule has 0 amide bonds. The zero-order chi connectivity index (χ0) is 12.5. The van der Waals surface area contributed by atoms with Gasteiger partial charge in [0, 0.05) is 25.0 Å². The van der Waals surface area contributed by atoms with Crippen LogP contribution in [0.25, 0.3) is 11.0 Å². The Kier molecular flexibility index (Phi) is 2.33. The Bertz CT molecular complexity index is 688. The molecule has 6 heteroatoms. The molecule has 90 valence electrons. The lowest BCUT2D eigenvalue weighted by molar-refractivity contribution is 0.822. The van der Waals surface area contributed by atoms with Gasteiger partial charge in [-0.3, -0.25) is 4.98 Å². The van der Waals surface area contributed by atoms with Crippen molar-refractivity contribution < 1.29 is 0 Å². The monoisotopic (exact) mass is 240 g/mol. The fraction of sp³-hybridized carbons (Fsp3) is 0.0833. The molecule has 0 aromatic carbocycles. The van der Waals surface area contributed by atoms with Crippen molar-refractivity contribution in [3.63, 3.8) is 0 Å². The predicted molar refractivity (Wildman–Crippen MR) is 69.7 cm³/mol. The van der Waals surface area contributed by atoms with E-state index in [4.69, 9.17) is 11.5 Å². The third kappa shape index (κ3) is 1.73. The lowest BCUT2D eigenvalue weighted by Crippen LogP contribution is -2.01. The van der Waals surface area contributed by atoms with E-state index in [-0.39, 0.29) is 0 Å². The Morgan fingerprint density at radius 3 is 2.72 bits per heavy atom. The summed E-state index contributed by atoms with van der Waals surface area (Å²) in [7, 11) is 0. The Morgan fingerprint density at radius 1 is 1.17 bits per heavy atom.